The molecule has 2 unspecified atom stereocenters. The normalized spacial score (nSPS) is 14.8. The number of allylic oxidation sites excluding steroid dienone is 1. The molecule has 0 heterocycles. The molecule has 0 spiro atoms. The van der Waals surface area contributed by atoms with E-state index in [0.29, 0.717) is 13.0 Å². The molecule has 40 heavy (non-hydrogen) atoms. The van der Waals surface area contributed by atoms with Crippen molar-refractivity contribution >= 4 is 56.6 Å². The van der Waals surface area contributed by atoms with Crippen LogP contribution in [0.4, 0.5) is 35.1 Å². The van der Waals surface area contributed by atoms with Gasteiger partial charge in [-0.1, -0.05) is 53.0 Å². The van der Waals surface area contributed by atoms with Gasteiger partial charge in [0.25, 0.3) is 11.8 Å². The summed E-state index contributed by atoms with van der Waals surface area (Å²) >= 11 is 17.7. The largest absolute Gasteiger partial charge is 0.417 e. The third kappa shape index (κ3) is 9.78. The second-order valence-corrected chi connectivity index (χ2v) is 12.2. The molecule has 222 valence electrons. The minimum Gasteiger partial charge on any atom is -0.349 e. The van der Waals surface area contributed by atoms with Crippen molar-refractivity contribution in [2.24, 2.45) is 0 Å². The zero-order valence-corrected chi connectivity index (χ0v) is 23.5. The van der Waals surface area contributed by atoms with Gasteiger partial charge in [-0.3, -0.25) is 4.79 Å². The fraction of sp³-hybridized carbons (Fsp3) is 0.375. The first-order valence-electron chi connectivity index (χ1n) is 11.0. The van der Waals surface area contributed by atoms with Gasteiger partial charge in [0, 0.05) is 13.0 Å². The quantitative estimate of drug-likeness (QED) is 0.218. The Morgan fingerprint density at radius 1 is 0.975 bits per heavy atom. The molecule has 2 atom stereocenters. The van der Waals surface area contributed by atoms with Gasteiger partial charge in [-0.05, 0) is 42.3 Å². The molecule has 0 saturated carbocycles. The molecule has 0 radical (unpaired) electrons. The molecule has 0 aliphatic heterocycles. The molecule has 0 aromatic heterocycles. The Bertz CT molecular complexity index is 1360. The smallest absolute Gasteiger partial charge is 0.349 e. The van der Waals surface area contributed by atoms with Crippen molar-refractivity contribution in [1.82, 2.24) is 5.32 Å². The predicted octanol–water partition coefficient (Wildman–Crippen LogP) is 8.21. The Labute approximate surface area is 239 Å². The van der Waals surface area contributed by atoms with Gasteiger partial charge in [-0.2, -0.15) is 26.3 Å². The summed E-state index contributed by atoms with van der Waals surface area (Å²) in [5.41, 5.74) is -2.76. The van der Waals surface area contributed by atoms with Crippen molar-refractivity contribution in [2.45, 2.75) is 44.1 Å². The number of nitrogens with one attached hydrogen (secondary N) is 1. The molecule has 1 N–H and O–H groups in total. The highest BCUT2D eigenvalue weighted by Crippen LogP contribution is 2.40. The Morgan fingerprint density at radius 3 is 2.00 bits per heavy atom. The molecule has 0 fully saturated rings. The monoisotopic (exact) mass is 659 g/mol. The fourth-order valence-corrected chi connectivity index (χ4v) is 5.74. The van der Waals surface area contributed by atoms with E-state index in [1.54, 1.807) is 0 Å². The van der Waals surface area contributed by atoms with Crippen molar-refractivity contribution in [3.8, 4) is 0 Å². The second kappa shape index (κ2) is 12.4. The standard InChI is InChI=1S/C24H20Cl3F8NO3S/c1-12(10-40(38,39)11-23(30,31)32)36-21(37)15-5-3-13(7-17(15)24(33,34)35)4-6-16(22(2,28)29)14-8-18(25)20(27)19(26)9-14/h3-9,12,16H,10-11H2,1-2H3,(H,36,37)/b6-4+. The number of halogens is 11. The molecule has 1 amide bonds. The molecule has 0 aliphatic carbocycles. The van der Waals surface area contributed by atoms with Crippen LogP contribution in [0.5, 0.6) is 0 Å². The third-order valence-electron chi connectivity index (χ3n) is 5.25. The first kappa shape index (κ1) is 34.1. The number of alkyl halides is 8. The van der Waals surface area contributed by atoms with E-state index in [1.807, 2.05) is 5.32 Å². The summed E-state index contributed by atoms with van der Waals surface area (Å²) in [5, 5.41) is 1.61. The first-order chi connectivity index (χ1) is 18.0. The SMILES string of the molecule is CC(CS(=O)(=O)CC(F)(F)F)NC(=O)c1ccc(/C=C/C(c2cc(Cl)c(Cl)c(Cl)c2)C(C)(F)F)cc1C(F)(F)F. The van der Waals surface area contributed by atoms with Crippen molar-refractivity contribution < 1.29 is 48.3 Å². The summed E-state index contributed by atoms with van der Waals surface area (Å²) in [5.74, 6) is -9.86. The van der Waals surface area contributed by atoms with Gasteiger partial charge in [0.2, 0.25) is 0 Å². The molecule has 16 heteroatoms. The third-order valence-corrected chi connectivity index (χ3v) is 8.22. The minimum atomic E-state index is -5.12. The highest BCUT2D eigenvalue weighted by Gasteiger charge is 2.38. The second-order valence-electron chi connectivity index (χ2n) is 8.94. The average molecular weight is 661 g/mol. The maximum atomic E-state index is 14.4. The lowest BCUT2D eigenvalue weighted by molar-refractivity contribution is -0.138. The van der Waals surface area contributed by atoms with E-state index in [-0.39, 0.29) is 26.2 Å². The number of hydrogen-bond donors (Lipinski definition) is 1. The van der Waals surface area contributed by atoms with Crippen molar-refractivity contribution in [1.29, 1.82) is 0 Å². The number of sulfone groups is 1. The summed E-state index contributed by atoms with van der Waals surface area (Å²) in [7, 11) is -4.73. The van der Waals surface area contributed by atoms with Crippen LogP contribution >= 0.6 is 34.8 Å². The van der Waals surface area contributed by atoms with Gasteiger partial charge in [-0.25, -0.2) is 17.2 Å². The van der Waals surface area contributed by atoms with Crippen LogP contribution in [0.15, 0.2) is 36.4 Å². The molecule has 0 saturated heterocycles. The van der Waals surface area contributed by atoms with Crippen molar-refractivity contribution in [3.05, 3.63) is 73.7 Å². The van der Waals surface area contributed by atoms with Gasteiger partial charge >= 0.3 is 12.4 Å². The number of carbonyl (C=O) groups excluding carboxylic acids is 1. The van der Waals surface area contributed by atoms with E-state index < -0.39 is 68.6 Å². The Balaban J connectivity index is 2.39. The summed E-state index contributed by atoms with van der Waals surface area (Å²) < 4.78 is 131. The van der Waals surface area contributed by atoms with E-state index in [1.165, 1.54) is 0 Å². The van der Waals surface area contributed by atoms with Gasteiger partial charge in [0.15, 0.2) is 9.84 Å². The number of rotatable bonds is 9. The van der Waals surface area contributed by atoms with Crippen LogP contribution in [-0.2, 0) is 16.0 Å². The molecule has 0 bridgehead atoms. The van der Waals surface area contributed by atoms with Crippen molar-refractivity contribution in [3.63, 3.8) is 0 Å². The van der Waals surface area contributed by atoms with E-state index in [4.69, 9.17) is 34.8 Å². The highest BCUT2D eigenvalue weighted by molar-refractivity contribution is 7.91. The Morgan fingerprint density at radius 2 is 1.52 bits per heavy atom. The van der Waals surface area contributed by atoms with Crippen LogP contribution in [0, 0.1) is 0 Å². The summed E-state index contributed by atoms with van der Waals surface area (Å²) in [4.78, 5) is 12.5. The molecule has 2 aromatic carbocycles. The minimum absolute atomic E-state index is 0.0785. The van der Waals surface area contributed by atoms with E-state index in [2.05, 4.69) is 0 Å². The molecular weight excluding hydrogens is 641 g/mol. The number of carbonyl (C=O) groups is 1. The van der Waals surface area contributed by atoms with Crippen LogP contribution < -0.4 is 5.32 Å². The van der Waals surface area contributed by atoms with E-state index >= 15 is 0 Å². The summed E-state index contributed by atoms with van der Waals surface area (Å²) in [6.07, 6.45) is -8.28. The van der Waals surface area contributed by atoms with Gasteiger partial charge in [-0.15, -0.1) is 0 Å². The maximum absolute atomic E-state index is 14.4. The van der Waals surface area contributed by atoms with E-state index in [9.17, 15) is 48.3 Å². The zero-order chi connectivity index (χ0) is 30.8. The van der Waals surface area contributed by atoms with Gasteiger partial charge in [0.05, 0.1) is 37.9 Å². The lowest BCUT2D eigenvalue weighted by Crippen LogP contribution is -2.40. The predicted molar refractivity (Wildman–Crippen MR) is 137 cm³/mol. The molecule has 0 aliphatic rings. The van der Waals surface area contributed by atoms with Crippen LogP contribution in [0.25, 0.3) is 6.08 Å². The van der Waals surface area contributed by atoms with Crippen LogP contribution in [0.3, 0.4) is 0 Å². The fourth-order valence-electron chi connectivity index (χ4n) is 3.67. The lowest BCUT2D eigenvalue weighted by Gasteiger charge is -2.22. The first-order valence-corrected chi connectivity index (χ1v) is 14.0. The molecule has 2 aromatic rings. The highest BCUT2D eigenvalue weighted by atomic mass is 35.5. The molecular formula is C24H20Cl3F8NO3S. The number of hydrogen-bond acceptors (Lipinski definition) is 3. The molecule has 4 nitrogen and oxygen atoms in total. The van der Waals surface area contributed by atoms with Gasteiger partial charge in [0.1, 0.15) is 5.75 Å². The lowest BCUT2D eigenvalue weighted by atomic mass is 9.92. The van der Waals surface area contributed by atoms with Crippen LogP contribution in [0.2, 0.25) is 15.1 Å². The zero-order valence-electron chi connectivity index (χ0n) is 20.4. The average Bonchev–Trinajstić information content (AvgIpc) is 2.73. The summed E-state index contributed by atoms with van der Waals surface area (Å²) in [6.45, 7) is 1.58. The van der Waals surface area contributed by atoms with Gasteiger partial charge < -0.3 is 5.32 Å². The van der Waals surface area contributed by atoms with Crippen molar-refractivity contribution in [2.75, 3.05) is 11.5 Å². The maximum Gasteiger partial charge on any atom is 0.417 e. The summed E-state index contributed by atoms with van der Waals surface area (Å²) in [6, 6.07) is 3.04. The topological polar surface area (TPSA) is 63.2 Å². The number of benzene rings is 2. The molecule has 2 rings (SSSR count). The number of amides is 1. The Hall–Kier alpha value is -2.09. The van der Waals surface area contributed by atoms with E-state index in [0.717, 1.165) is 43.3 Å². The van der Waals surface area contributed by atoms with Crippen LogP contribution in [0.1, 0.15) is 46.8 Å². The Kier molecular flexibility index (Phi) is 10.6. The van der Waals surface area contributed by atoms with Crippen LogP contribution in [-0.4, -0.2) is 44.0 Å².